The quantitative estimate of drug-likeness (QED) is 0.779. The minimum absolute atomic E-state index is 0.300. The number of nitrogens with two attached hydrogens (primary N) is 1. The summed E-state index contributed by atoms with van der Waals surface area (Å²) in [5.74, 6) is 0. The van der Waals surface area contributed by atoms with Crippen molar-refractivity contribution in [3.05, 3.63) is 29.8 Å². The third kappa shape index (κ3) is 4.72. The number of rotatable bonds is 5. The molecule has 1 saturated heterocycles. The summed E-state index contributed by atoms with van der Waals surface area (Å²) in [6, 6.07) is 8.16. The predicted octanol–water partition coefficient (Wildman–Crippen LogP) is 2.31. The largest absolute Gasteiger partial charge is 0.351 e. The van der Waals surface area contributed by atoms with Gasteiger partial charge in [0, 0.05) is 24.3 Å². The molecule has 1 aromatic rings. The Morgan fingerprint density at radius 3 is 2.76 bits per heavy atom. The molecule has 2 unspecified atom stereocenters. The second kappa shape index (κ2) is 7.43. The fraction of sp³-hybridized carbons (Fsp3) is 0.562. The minimum Gasteiger partial charge on any atom is -0.351 e. The number of primary amides is 1. The van der Waals surface area contributed by atoms with Crippen molar-refractivity contribution >= 4 is 11.7 Å². The summed E-state index contributed by atoms with van der Waals surface area (Å²) in [5.41, 5.74) is 7.06. The molecule has 0 radical (unpaired) electrons. The number of amides is 2. The summed E-state index contributed by atoms with van der Waals surface area (Å²) in [6.07, 6.45) is 2.50. The standard InChI is InChI=1S/C16H26N4O/c1-3-20-10-4-5-15(11-20)18-12(2)13-6-8-14(9-7-13)19-16(17)21/h6-9,12,15,18H,3-5,10-11H2,1-2H3,(H3,17,19,21). The van der Waals surface area contributed by atoms with Gasteiger partial charge in [0.1, 0.15) is 0 Å². The van der Waals surface area contributed by atoms with E-state index in [1.54, 1.807) is 0 Å². The van der Waals surface area contributed by atoms with Crippen LogP contribution < -0.4 is 16.4 Å². The Bertz CT molecular complexity index is 460. The number of benzene rings is 1. The zero-order chi connectivity index (χ0) is 15.2. The molecule has 116 valence electrons. The summed E-state index contributed by atoms with van der Waals surface area (Å²) >= 11 is 0. The molecule has 2 rings (SSSR count). The molecule has 0 saturated carbocycles. The van der Waals surface area contributed by atoms with Gasteiger partial charge < -0.3 is 21.3 Å². The number of hydrogen-bond donors (Lipinski definition) is 3. The summed E-state index contributed by atoms with van der Waals surface area (Å²) in [6.45, 7) is 7.87. The van der Waals surface area contributed by atoms with Gasteiger partial charge in [-0.3, -0.25) is 0 Å². The van der Waals surface area contributed by atoms with Crippen LogP contribution in [0.25, 0.3) is 0 Å². The highest BCUT2D eigenvalue weighted by Gasteiger charge is 2.20. The van der Waals surface area contributed by atoms with Gasteiger partial charge in [0.15, 0.2) is 0 Å². The monoisotopic (exact) mass is 290 g/mol. The highest BCUT2D eigenvalue weighted by Crippen LogP contribution is 2.19. The number of urea groups is 1. The first-order chi connectivity index (χ1) is 10.1. The Labute approximate surface area is 126 Å². The lowest BCUT2D eigenvalue weighted by Crippen LogP contribution is -2.46. The lowest BCUT2D eigenvalue weighted by atomic mass is 10.0. The highest BCUT2D eigenvalue weighted by molar-refractivity contribution is 5.87. The zero-order valence-electron chi connectivity index (χ0n) is 12.9. The van der Waals surface area contributed by atoms with Crippen LogP contribution >= 0.6 is 0 Å². The first-order valence-corrected chi connectivity index (χ1v) is 7.73. The smallest absolute Gasteiger partial charge is 0.316 e. The molecule has 2 amide bonds. The van der Waals surface area contributed by atoms with Crippen molar-refractivity contribution < 1.29 is 4.79 Å². The van der Waals surface area contributed by atoms with Crippen LogP contribution in [0.4, 0.5) is 10.5 Å². The Kier molecular flexibility index (Phi) is 5.59. The van der Waals surface area contributed by atoms with Crippen molar-refractivity contribution in [3.8, 4) is 0 Å². The summed E-state index contributed by atoms with van der Waals surface area (Å²) < 4.78 is 0. The number of hydrogen-bond acceptors (Lipinski definition) is 3. The zero-order valence-corrected chi connectivity index (χ0v) is 12.9. The Balaban J connectivity index is 1.90. The molecule has 1 heterocycles. The lowest BCUT2D eigenvalue weighted by molar-refractivity contribution is 0.192. The fourth-order valence-corrected chi connectivity index (χ4v) is 2.93. The maximum atomic E-state index is 10.8. The third-order valence-corrected chi connectivity index (χ3v) is 4.12. The number of anilines is 1. The predicted molar refractivity (Wildman–Crippen MR) is 86.3 cm³/mol. The molecule has 1 aliphatic heterocycles. The van der Waals surface area contributed by atoms with Crippen LogP contribution in [0.3, 0.4) is 0 Å². The van der Waals surface area contributed by atoms with Gasteiger partial charge in [-0.25, -0.2) is 4.79 Å². The first kappa shape index (κ1) is 15.8. The minimum atomic E-state index is -0.532. The van der Waals surface area contributed by atoms with E-state index in [0.717, 1.165) is 18.8 Å². The molecule has 4 N–H and O–H groups in total. The van der Waals surface area contributed by atoms with Gasteiger partial charge in [0.2, 0.25) is 0 Å². The second-order valence-electron chi connectivity index (χ2n) is 5.73. The Hall–Kier alpha value is -1.59. The Morgan fingerprint density at radius 2 is 2.14 bits per heavy atom. The first-order valence-electron chi connectivity index (χ1n) is 7.73. The Morgan fingerprint density at radius 1 is 1.43 bits per heavy atom. The van der Waals surface area contributed by atoms with E-state index in [9.17, 15) is 4.79 Å². The number of piperidine rings is 1. The van der Waals surface area contributed by atoms with Crippen LogP contribution in [0, 0.1) is 0 Å². The number of likely N-dealkylation sites (tertiary alicyclic amines) is 1. The summed E-state index contributed by atoms with van der Waals surface area (Å²) in [4.78, 5) is 13.3. The van der Waals surface area contributed by atoms with Gasteiger partial charge in [-0.15, -0.1) is 0 Å². The van der Waals surface area contributed by atoms with Gasteiger partial charge in [-0.1, -0.05) is 19.1 Å². The van der Waals surface area contributed by atoms with E-state index in [2.05, 4.69) is 29.4 Å². The van der Waals surface area contributed by atoms with Crippen molar-refractivity contribution in [1.29, 1.82) is 0 Å². The third-order valence-electron chi connectivity index (χ3n) is 4.12. The fourth-order valence-electron chi connectivity index (χ4n) is 2.93. The number of nitrogens with zero attached hydrogens (tertiary/aromatic N) is 1. The molecule has 5 nitrogen and oxygen atoms in total. The highest BCUT2D eigenvalue weighted by atomic mass is 16.2. The second-order valence-corrected chi connectivity index (χ2v) is 5.73. The van der Waals surface area contributed by atoms with Gasteiger partial charge in [0.25, 0.3) is 0 Å². The molecule has 0 aliphatic carbocycles. The van der Waals surface area contributed by atoms with Crippen molar-refractivity contribution in [3.63, 3.8) is 0 Å². The molecule has 1 fully saturated rings. The molecule has 0 aromatic heterocycles. The van der Waals surface area contributed by atoms with Gasteiger partial charge in [0.05, 0.1) is 0 Å². The van der Waals surface area contributed by atoms with E-state index in [1.807, 2.05) is 24.3 Å². The van der Waals surface area contributed by atoms with Crippen molar-refractivity contribution in [1.82, 2.24) is 10.2 Å². The molecule has 21 heavy (non-hydrogen) atoms. The normalized spacial score (nSPS) is 21.0. The van der Waals surface area contributed by atoms with Crippen molar-refractivity contribution in [2.45, 2.75) is 38.8 Å². The molecule has 2 atom stereocenters. The maximum absolute atomic E-state index is 10.8. The average Bonchev–Trinajstić information content (AvgIpc) is 2.47. The lowest BCUT2D eigenvalue weighted by Gasteiger charge is -2.34. The van der Waals surface area contributed by atoms with Crippen LogP contribution in [0.2, 0.25) is 0 Å². The van der Waals surface area contributed by atoms with Crippen molar-refractivity contribution in [2.24, 2.45) is 5.73 Å². The van der Waals surface area contributed by atoms with Crippen LogP contribution in [0.1, 0.15) is 38.3 Å². The number of nitrogens with one attached hydrogen (secondary N) is 2. The topological polar surface area (TPSA) is 70.4 Å². The van der Waals surface area contributed by atoms with Crippen LogP contribution in [-0.2, 0) is 0 Å². The maximum Gasteiger partial charge on any atom is 0.316 e. The van der Waals surface area contributed by atoms with E-state index in [0.29, 0.717) is 12.1 Å². The van der Waals surface area contributed by atoms with E-state index < -0.39 is 6.03 Å². The molecular formula is C16H26N4O. The molecule has 1 aromatic carbocycles. The summed E-state index contributed by atoms with van der Waals surface area (Å²) in [7, 11) is 0. The summed E-state index contributed by atoms with van der Waals surface area (Å²) in [5, 5.41) is 6.28. The SMILES string of the molecule is CCN1CCCC(NC(C)c2ccc(NC(N)=O)cc2)C1. The van der Waals surface area contributed by atoms with E-state index in [1.165, 1.54) is 24.9 Å². The van der Waals surface area contributed by atoms with Gasteiger partial charge >= 0.3 is 6.03 Å². The number of likely N-dealkylation sites (N-methyl/N-ethyl adjacent to an activating group) is 1. The molecule has 0 spiro atoms. The van der Waals surface area contributed by atoms with Crippen LogP contribution in [0.5, 0.6) is 0 Å². The van der Waals surface area contributed by atoms with E-state index >= 15 is 0 Å². The molecule has 5 heteroatoms. The number of carbonyl (C=O) groups is 1. The van der Waals surface area contributed by atoms with Crippen LogP contribution in [-0.4, -0.2) is 36.6 Å². The molecular weight excluding hydrogens is 264 g/mol. The average molecular weight is 290 g/mol. The molecule has 1 aliphatic rings. The van der Waals surface area contributed by atoms with Crippen LogP contribution in [0.15, 0.2) is 24.3 Å². The van der Waals surface area contributed by atoms with Gasteiger partial charge in [-0.2, -0.15) is 0 Å². The van der Waals surface area contributed by atoms with Gasteiger partial charge in [-0.05, 0) is 50.6 Å². The molecule has 0 bridgehead atoms. The van der Waals surface area contributed by atoms with E-state index in [4.69, 9.17) is 5.73 Å². The number of carbonyl (C=O) groups excluding carboxylic acids is 1. The van der Waals surface area contributed by atoms with Crippen molar-refractivity contribution in [2.75, 3.05) is 25.0 Å². The van der Waals surface area contributed by atoms with E-state index in [-0.39, 0.29) is 0 Å².